The molecule has 1 aliphatic rings. The summed E-state index contributed by atoms with van der Waals surface area (Å²) in [7, 11) is 0. The molecule has 0 aromatic heterocycles. The van der Waals surface area contributed by atoms with Gasteiger partial charge in [-0.25, -0.2) is 0 Å². The van der Waals surface area contributed by atoms with Crippen molar-refractivity contribution in [2.24, 2.45) is 11.7 Å². The van der Waals surface area contributed by atoms with E-state index >= 15 is 0 Å². The maximum Gasteiger partial charge on any atom is 0.232 e. The molecule has 4 heteroatoms. The minimum atomic E-state index is -0.149. The van der Waals surface area contributed by atoms with Crippen LogP contribution < -0.4 is 5.73 Å². The molecular formula is C12H22N2O2. The molecule has 0 unspecified atom stereocenters. The van der Waals surface area contributed by atoms with Crippen LogP contribution in [0.4, 0.5) is 0 Å². The summed E-state index contributed by atoms with van der Waals surface area (Å²) in [6.07, 6.45) is 6.00. The Kier molecular flexibility index (Phi) is 5.46. The highest BCUT2D eigenvalue weighted by Crippen LogP contribution is 2.25. The van der Waals surface area contributed by atoms with Gasteiger partial charge < -0.3 is 5.73 Å². The third-order valence-electron chi connectivity index (χ3n) is 3.19. The molecule has 4 nitrogen and oxygen atoms in total. The van der Waals surface area contributed by atoms with Gasteiger partial charge in [0.15, 0.2) is 0 Å². The quantitative estimate of drug-likeness (QED) is 0.785. The average molecular weight is 226 g/mol. The van der Waals surface area contributed by atoms with Gasteiger partial charge in [-0.1, -0.05) is 19.3 Å². The molecule has 0 spiro atoms. The van der Waals surface area contributed by atoms with Crippen molar-refractivity contribution in [2.45, 2.75) is 45.4 Å². The van der Waals surface area contributed by atoms with Crippen molar-refractivity contribution in [3.63, 3.8) is 0 Å². The average Bonchev–Trinajstić information content (AvgIpc) is 2.30. The van der Waals surface area contributed by atoms with Crippen molar-refractivity contribution < 1.29 is 9.59 Å². The first-order valence-corrected chi connectivity index (χ1v) is 6.19. The number of rotatable bonds is 4. The van der Waals surface area contributed by atoms with Gasteiger partial charge in [-0.2, -0.15) is 0 Å². The van der Waals surface area contributed by atoms with E-state index in [1.54, 1.807) is 0 Å². The fraction of sp³-hybridized carbons (Fsp3) is 0.833. The Balaban J connectivity index is 2.54. The van der Waals surface area contributed by atoms with E-state index in [1.807, 2.05) is 0 Å². The van der Waals surface area contributed by atoms with Gasteiger partial charge in [-0.3, -0.25) is 14.5 Å². The maximum absolute atomic E-state index is 12.1. The van der Waals surface area contributed by atoms with Gasteiger partial charge in [0.2, 0.25) is 11.8 Å². The standard InChI is InChI=1S/C12H22N2O2/c1-10(15)14(9-5-8-13)12(16)11-6-3-2-4-7-11/h11H,2-9,13H2,1H3. The van der Waals surface area contributed by atoms with Crippen LogP contribution in [0.2, 0.25) is 0 Å². The van der Waals surface area contributed by atoms with Crippen LogP contribution in [-0.4, -0.2) is 29.8 Å². The first kappa shape index (κ1) is 13.2. The Morgan fingerprint density at radius 2 is 1.88 bits per heavy atom. The van der Waals surface area contributed by atoms with E-state index in [4.69, 9.17) is 5.73 Å². The SMILES string of the molecule is CC(=O)N(CCCN)C(=O)C1CCCCC1. The zero-order valence-electron chi connectivity index (χ0n) is 10.1. The molecule has 0 atom stereocenters. The molecule has 0 aliphatic heterocycles. The molecule has 1 saturated carbocycles. The van der Waals surface area contributed by atoms with Crippen molar-refractivity contribution in [3.8, 4) is 0 Å². The molecule has 92 valence electrons. The molecule has 0 bridgehead atoms. The molecule has 0 heterocycles. The van der Waals surface area contributed by atoms with Gasteiger partial charge >= 0.3 is 0 Å². The lowest BCUT2D eigenvalue weighted by Gasteiger charge is -2.27. The first-order chi connectivity index (χ1) is 7.66. The molecule has 1 aliphatic carbocycles. The minimum absolute atomic E-state index is 0.0145. The summed E-state index contributed by atoms with van der Waals surface area (Å²) in [5, 5.41) is 0. The number of carbonyl (C=O) groups is 2. The molecule has 0 aromatic rings. The van der Waals surface area contributed by atoms with Crippen LogP contribution in [0.1, 0.15) is 45.4 Å². The second-order valence-electron chi connectivity index (χ2n) is 4.49. The van der Waals surface area contributed by atoms with Crippen molar-refractivity contribution >= 4 is 11.8 Å². The molecule has 1 rings (SSSR count). The van der Waals surface area contributed by atoms with E-state index < -0.39 is 0 Å². The van der Waals surface area contributed by atoms with Crippen LogP contribution in [0.3, 0.4) is 0 Å². The Morgan fingerprint density at radius 3 is 2.38 bits per heavy atom. The highest BCUT2D eigenvalue weighted by Gasteiger charge is 2.27. The van der Waals surface area contributed by atoms with Gasteiger partial charge in [0, 0.05) is 19.4 Å². The topological polar surface area (TPSA) is 63.4 Å². The smallest absolute Gasteiger partial charge is 0.232 e. The number of amides is 2. The molecule has 0 radical (unpaired) electrons. The summed E-state index contributed by atoms with van der Waals surface area (Å²) in [4.78, 5) is 24.9. The number of nitrogens with two attached hydrogens (primary N) is 1. The Labute approximate surface area is 97.2 Å². The summed E-state index contributed by atoms with van der Waals surface area (Å²) in [6, 6.07) is 0. The molecule has 2 amide bonds. The van der Waals surface area contributed by atoms with Crippen LogP contribution in [0.5, 0.6) is 0 Å². The highest BCUT2D eigenvalue weighted by atomic mass is 16.2. The Hall–Kier alpha value is -0.900. The third-order valence-corrected chi connectivity index (χ3v) is 3.19. The normalized spacial score (nSPS) is 17.1. The first-order valence-electron chi connectivity index (χ1n) is 6.19. The molecule has 0 aromatic carbocycles. The van der Waals surface area contributed by atoms with Gasteiger partial charge in [-0.15, -0.1) is 0 Å². The van der Waals surface area contributed by atoms with E-state index in [0.29, 0.717) is 19.5 Å². The fourth-order valence-electron chi connectivity index (χ4n) is 2.24. The van der Waals surface area contributed by atoms with E-state index in [0.717, 1.165) is 25.7 Å². The highest BCUT2D eigenvalue weighted by molar-refractivity contribution is 5.95. The zero-order valence-corrected chi connectivity index (χ0v) is 10.1. The van der Waals surface area contributed by atoms with Crippen LogP contribution in [-0.2, 0) is 9.59 Å². The van der Waals surface area contributed by atoms with Gasteiger partial charge in [0.25, 0.3) is 0 Å². The predicted molar refractivity (Wildman–Crippen MR) is 62.6 cm³/mol. The van der Waals surface area contributed by atoms with Crippen molar-refractivity contribution in [1.29, 1.82) is 0 Å². The summed E-state index contributed by atoms with van der Waals surface area (Å²) in [5.74, 6) is -0.0694. The van der Waals surface area contributed by atoms with E-state index in [1.165, 1.54) is 18.2 Å². The number of nitrogens with zero attached hydrogens (tertiary/aromatic N) is 1. The zero-order chi connectivity index (χ0) is 12.0. The lowest BCUT2D eigenvalue weighted by atomic mass is 9.88. The van der Waals surface area contributed by atoms with Crippen molar-refractivity contribution in [2.75, 3.05) is 13.1 Å². The number of hydrogen-bond acceptors (Lipinski definition) is 3. The minimum Gasteiger partial charge on any atom is -0.330 e. The number of hydrogen-bond donors (Lipinski definition) is 1. The van der Waals surface area contributed by atoms with E-state index in [-0.39, 0.29) is 17.7 Å². The van der Waals surface area contributed by atoms with Crippen LogP contribution >= 0.6 is 0 Å². The molecular weight excluding hydrogens is 204 g/mol. The summed E-state index contributed by atoms with van der Waals surface area (Å²) >= 11 is 0. The Bertz CT molecular complexity index is 247. The number of carbonyl (C=O) groups excluding carboxylic acids is 2. The molecule has 1 fully saturated rings. The Morgan fingerprint density at radius 1 is 1.25 bits per heavy atom. The van der Waals surface area contributed by atoms with Gasteiger partial charge in [-0.05, 0) is 25.8 Å². The van der Waals surface area contributed by atoms with Crippen molar-refractivity contribution in [1.82, 2.24) is 4.90 Å². The largest absolute Gasteiger partial charge is 0.330 e. The second kappa shape index (κ2) is 6.63. The lowest BCUT2D eigenvalue weighted by Crippen LogP contribution is -2.41. The molecule has 16 heavy (non-hydrogen) atoms. The van der Waals surface area contributed by atoms with Gasteiger partial charge in [0.05, 0.1) is 0 Å². The van der Waals surface area contributed by atoms with E-state index in [9.17, 15) is 9.59 Å². The summed E-state index contributed by atoms with van der Waals surface area (Å²) in [5.41, 5.74) is 5.41. The fourth-order valence-corrected chi connectivity index (χ4v) is 2.24. The predicted octanol–water partition coefficient (Wildman–Crippen LogP) is 1.29. The second-order valence-corrected chi connectivity index (χ2v) is 4.49. The van der Waals surface area contributed by atoms with Crippen LogP contribution in [0.15, 0.2) is 0 Å². The van der Waals surface area contributed by atoms with E-state index in [2.05, 4.69) is 0 Å². The maximum atomic E-state index is 12.1. The van der Waals surface area contributed by atoms with Crippen molar-refractivity contribution in [3.05, 3.63) is 0 Å². The molecule has 0 saturated heterocycles. The lowest BCUT2D eigenvalue weighted by molar-refractivity contribution is -0.147. The number of imide groups is 1. The van der Waals surface area contributed by atoms with Gasteiger partial charge in [0.1, 0.15) is 0 Å². The molecule has 2 N–H and O–H groups in total. The van der Waals surface area contributed by atoms with Crippen LogP contribution in [0.25, 0.3) is 0 Å². The van der Waals surface area contributed by atoms with Crippen LogP contribution in [0, 0.1) is 5.92 Å². The monoisotopic (exact) mass is 226 g/mol. The third kappa shape index (κ3) is 3.59. The summed E-state index contributed by atoms with van der Waals surface area (Å²) in [6.45, 7) is 2.44. The summed E-state index contributed by atoms with van der Waals surface area (Å²) < 4.78 is 0.